The monoisotopic (exact) mass is 339 g/mol. The van der Waals surface area contributed by atoms with Gasteiger partial charge in [-0.1, -0.05) is 63.9 Å². The molecule has 3 aliphatic rings. The largest absolute Gasteiger partial charge is 0.0971 e. The molecule has 2 heteroatoms. The maximum atomic E-state index is 2.36. The zero-order chi connectivity index (χ0) is 15.5. The first-order chi connectivity index (χ1) is 11.4. The Morgan fingerprint density at radius 1 is 0.583 bits per heavy atom. The van der Waals surface area contributed by atoms with Crippen molar-refractivity contribution in [3.63, 3.8) is 0 Å². The second kappa shape index (κ2) is 8.89. The molecule has 3 fully saturated rings. The van der Waals surface area contributed by atoms with E-state index < -0.39 is 0 Å². The molecule has 0 saturated heterocycles. The van der Waals surface area contributed by atoms with Gasteiger partial charge in [0.2, 0.25) is 0 Å². The van der Waals surface area contributed by atoms with Gasteiger partial charge in [0.05, 0.1) is 0 Å². The van der Waals surface area contributed by atoms with E-state index in [-0.39, 0.29) is 8.41 Å². The molecule has 0 bridgehead atoms. The average Bonchev–Trinajstić information content (AvgIpc) is 3.31. The Morgan fingerprint density at radius 3 is 1.54 bits per heavy atom. The van der Waals surface area contributed by atoms with Crippen LogP contribution in [0.1, 0.15) is 88.5 Å². The second-order valence-corrected chi connectivity index (χ2v) is 11.3. The van der Waals surface area contributed by atoms with Gasteiger partial charge in [-0.15, -0.1) is 0 Å². The van der Waals surface area contributed by atoms with Crippen LogP contribution in [0, 0.1) is 0 Å². The van der Waals surface area contributed by atoms with E-state index in [1.165, 1.54) is 51.4 Å². The Labute approximate surface area is 152 Å². The molecule has 1 aromatic carbocycles. The van der Waals surface area contributed by atoms with Crippen LogP contribution in [0.2, 0.25) is 0 Å². The minimum atomic E-state index is 0. The number of hydrogen-bond acceptors (Lipinski definition) is 0. The lowest BCUT2D eigenvalue weighted by atomic mass is 9.84. The van der Waals surface area contributed by atoms with E-state index in [0.29, 0.717) is 7.92 Å². The normalized spacial score (nSPS) is 29.0. The molecule has 1 aromatic rings. The smallest absolute Gasteiger partial charge is 0 e. The van der Waals surface area contributed by atoms with Crippen molar-refractivity contribution in [2.24, 2.45) is 0 Å². The Morgan fingerprint density at radius 2 is 1.04 bits per heavy atom. The molecule has 24 heavy (non-hydrogen) atoms. The lowest BCUT2D eigenvalue weighted by Gasteiger charge is -2.41. The lowest BCUT2D eigenvalue weighted by molar-refractivity contribution is 0.446. The van der Waals surface area contributed by atoms with Crippen molar-refractivity contribution in [1.29, 1.82) is 0 Å². The summed E-state index contributed by atoms with van der Waals surface area (Å²) in [6.07, 6.45) is 18.5. The Bertz CT molecular complexity index is 452. The van der Waals surface area contributed by atoms with Crippen molar-refractivity contribution in [3.05, 3.63) is 35.9 Å². The highest BCUT2D eigenvalue weighted by atomic mass is 31.1. The number of hydrogen-bond donors (Lipinski definition) is 0. The van der Waals surface area contributed by atoms with Crippen molar-refractivity contribution in [1.82, 2.24) is 0 Å². The van der Waals surface area contributed by atoms with Crippen LogP contribution < -0.4 is 0 Å². The Balaban J connectivity index is 0.00000169. The zero-order valence-corrected chi connectivity index (χ0v) is 16.1. The minimum absolute atomic E-state index is 0. The summed E-state index contributed by atoms with van der Waals surface area (Å²) in [5.74, 6) is 0.858. The zero-order valence-electron chi connectivity index (χ0n) is 15.2. The van der Waals surface area contributed by atoms with Crippen molar-refractivity contribution < 1.29 is 0 Å². The SMILES string of the molecule is [B].c1ccc(C2CCC(P(C3CCCC3)C3CCCC3)CC2)cc1. The van der Waals surface area contributed by atoms with Gasteiger partial charge >= 0.3 is 0 Å². The van der Waals surface area contributed by atoms with Gasteiger partial charge in [-0.25, -0.2) is 0 Å². The molecule has 0 N–H and O–H groups in total. The number of benzene rings is 1. The van der Waals surface area contributed by atoms with Gasteiger partial charge in [-0.2, -0.15) is 0 Å². The summed E-state index contributed by atoms with van der Waals surface area (Å²) in [5.41, 5.74) is 5.05. The van der Waals surface area contributed by atoms with Gasteiger partial charge in [-0.3, -0.25) is 0 Å². The van der Waals surface area contributed by atoms with Crippen LogP contribution in [-0.2, 0) is 0 Å². The molecular weight excluding hydrogens is 306 g/mol. The van der Waals surface area contributed by atoms with E-state index in [1.54, 1.807) is 31.2 Å². The molecule has 3 aliphatic carbocycles. The van der Waals surface area contributed by atoms with E-state index in [2.05, 4.69) is 30.3 Å². The fraction of sp³-hybridized carbons (Fsp3) is 0.727. The maximum absolute atomic E-state index is 2.36. The summed E-state index contributed by atoms with van der Waals surface area (Å²) < 4.78 is 0. The third kappa shape index (κ3) is 4.09. The average molecular weight is 339 g/mol. The predicted molar refractivity (Wildman–Crippen MR) is 109 cm³/mol. The summed E-state index contributed by atoms with van der Waals surface area (Å²) in [7, 11) is 0.331. The third-order valence-corrected chi connectivity index (χ3v) is 11.0. The highest BCUT2D eigenvalue weighted by molar-refractivity contribution is 7.60. The van der Waals surface area contributed by atoms with Gasteiger partial charge in [0.25, 0.3) is 0 Å². The first kappa shape index (κ1) is 18.5. The minimum Gasteiger partial charge on any atom is -0.0971 e. The molecule has 0 aliphatic heterocycles. The van der Waals surface area contributed by atoms with Crippen LogP contribution in [-0.4, -0.2) is 25.4 Å². The summed E-state index contributed by atoms with van der Waals surface area (Å²) >= 11 is 0. The van der Waals surface area contributed by atoms with Gasteiger partial charge < -0.3 is 0 Å². The summed E-state index contributed by atoms with van der Waals surface area (Å²) in [5, 5.41) is 0. The third-order valence-electron chi connectivity index (χ3n) is 6.88. The molecule has 0 nitrogen and oxygen atoms in total. The Kier molecular flexibility index (Phi) is 6.85. The van der Waals surface area contributed by atoms with E-state index >= 15 is 0 Å². The highest BCUT2D eigenvalue weighted by Gasteiger charge is 2.39. The maximum Gasteiger partial charge on any atom is 0 e. The van der Waals surface area contributed by atoms with Crippen molar-refractivity contribution in [2.75, 3.05) is 0 Å². The van der Waals surface area contributed by atoms with E-state index in [9.17, 15) is 0 Å². The molecule has 0 spiro atoms. The first-order valence-electron chi connectivity index (χ1n) is 10.2. The van der Waals surface area contributed by atoms with Crippen LogP contribution in [0.4, 0.5) is 0 Å². The van der Waals surface area contributed by atoms with Crippen LogP contribution in [0.15, 0.2) is 30.3 Å². The van der Waals surface area contributed by atoms with E-state index in [4.69, 9.17) is 0 Å². The van der Waals surface area contributed by atoms with Crippen molar-refractivity contribution >= 4 is 16.3 Å². The molecule has 0 unspecified atom stereocenters. The quantitative estimate of drug-likeness (QED) is 0.423. The molecule has 4 rings (SSSR count). The summed E-state index contributed by atoms with van der Waals surface area (Å²) in [6, 6.07) is 11.3. The van der Waals surface area contributed by atoms with Gasteiger partial charge in [0, 0.05) is 8.41 Å². The molecule has 0 amide bonds. The lowest BCUT2D eigenvalue weighted by Crippen LogP contribution is -2.24. The van der Waals surface area contributed by atoms with Gasteiger partial charge in [-0.05, 0) is 79.8 Å². The van der Waals surface area contributed by atoms with Gasteiger partial charge in [0.15, 0.2) is 0 Å². The molecular formula is C22H33BP. The standard InChI is InChI=1S/C22H33P.B/c1-2-8-18(9-3-1)19-14-16-22(17-15-19)23(20-10-4-5-11-20)21-12-6-7-13-21;/h1-3,8-9,19-22H,4-7,10-17H2;. The Hall–Kier alpha value is -0.285. The van der Waals surface area contributed by atoms with Gasteiger partial charge in [0.1, 0.15) is 0 Å². The second-order valence-electron chi connectivity index (χ2n) is 8.24. The summed E-state index contributed by atoms with van der Waals surface area (Å²) in [6.45, 7) is 0. The van der Waals surface area contributed by atoms with Crippen molar-refractivity contribution in [2.45, 2.75) is 99.9 Å². The van der Waals surface area contributed by atoms with Crippen LogP contribution in [0.25, 0.3) is 0 Å². The highest BCUT2D eigenvalue weighted by Crippen LogP contribution is 2.63. The van der Waals surface area contributed by atoms with E-state index in [0.717, 1.165) is 22.9 Å². The predicted octanol–water partition coefficient (Wildman–Crippen LogP) is 6.70. The first-order valence-corrected chi connectivity index (χ1v) is 11.8. The van der Waals surface area contributed by atoms with Crippen LogP contribution >= 0.6 is 7.92 Å². The summed E-state index contributed by atoms with van der Waals surface area (Å²) in [4.78, 5) is 0. The molecule has 3 radical (unpaired) electrons. The molecule has 0 aromatic heterocycles. The molecule has 3 saturated carbocycles. The fourth-order valence-corrected chi connectivity index (χ4v) is 10.3. The fourth-order valence-electron chi connectivity index (χ4n) is 5.73. The van der Waals surface area contributed by atoms with Crippen LogP contribution in [0.3, 0.4) is 0 Å². The topological polar surface area (TPSA) is 0 Å². The molecule has 0 heterocycles. The molecule has 0 atom stereocenters. The molecule has 129 valence electrons. The van der Waals surface area contributed by atoms with Crippen molar-refractivity contribution in [3.8, 4) is 0 Å². The number of rotatable bonds is 4. The van der Waals surface area contributed by atoms with Crippen LogP contribution in [0.5, 0.6) is 0 Å². The van der Waals surface area contributed by atoms with E-state index in [1.807, 2.05) is 0 Å².